The molecule has 1 spiro atoms. The van der Waals surface area contributed by atoms with Gasteiger partial charge >= 0.3 is 0 Å². The number of rotatable bonds is 5. The number of nitrogens with zero attached hydrogens (tertiary/aromatic N) is 5. The molecule has 2 N–H and O–H groups in total. The van der Waals surface area contributed by atoms with Gasteiger partial charge in [0, 0.05) is 47.2 Å². The van der Waals surface area contributed by atoms with E-state index in [2.05, 4.69) is 46.1 Å². The summed E-state index contributed by atoms with van der Waals surface area (Å²) in [5.41, 5.74) is 5.88. The normalized spacial score (nSPS) is 19.3. The topological polar surface area (TPSA) is 89.7 Å². The first-order valence-electron chi connectivity index (χ1n) is 12.4. The molecule has 4 heterocycles. The number of hydrogen-bond acceptors (Lipinski definition) is 7. The Morgan fingerprint density at radius 3 is 2.74 bits per heavy atom. The highest BCUT2D eigenvalue weighted by Gasteiger charge is 2.46. The summed E-state index contributed by atoms with van der Waals surface area (Å²) < 4.78 is 3.61. The highest BCUT2D eigenvalue weighted by Crippen LogP contribution is 2.51. The van der Waals surface area contributed by atoms with Gasteiger partial charge in [-0.3, -0.25) is 4.79 Å². The lowest BCUT2D eigenvalue weighted by atomic mass is 9.88. The van der Waals surface area contributed by atoms with Crippen molar-refractivity contribution in [3.63, 3.8) is 0 Å². The zero-order valence-corrected chi connectivity index (χ0v) is 21.1. The van der Waals surface area contributed by atoms with E-state index in [9.17, 15) is 4.79 Å². The molecule has 2 fully saturated rings. The second-order valence-corrected chi connectivity index (χ2v) is 11.8. The zero-order chi connectivity index (χ0) is 23.9. The molecule has 0 saturated heterocycles. The van der Waals surface area contributed by atoms with Crippen molar-refractivity contribution in [1.82, 2.24) is 29.6 Å². The summed E-state index contributed by atoms with van der Waals surface area (Å²) >= 11 is 1.56. The fourth-order valence-electron chi connectivity index (χ4n) is 5.39. The summed E-state index contributed by atoms with van der Waals surface area (Å²) in [6.45, 7) is 8.23. The third-order valence-corrected chi connectivity index (χ3v) is 8.79. The lowest BCUT2D eigenvalue weighted by Gasteiger charge is -2.26. The van der Waals surface area contributed by atoms with Crippen LogP contribution >= 0.6 is 11.3 Å². The molecule has 35 heavy (non-hydrogen) atoms. The van der Waals surface area contributed by atoms with Crippen molar-refractivity contribution < 1.29 is 0 Å². The first kappa shape index (κ1) is 21.3. The number of aromatic nitrogens is 5. The molecule has 0 unspecified atom stereocenters. The van der Waals surface area contributed by atoms with E-state index in [0.29, 0.717) is 22.4 Å². The minimum atomic E-state index is -0.0921. The van der Waals surface area contributed by atoms with E-state index in [1.165, 1.54) is 24.0 Å². The summed E-state index contributed by atoms with van der Waals surface area (Å²) in [6, 6.07) is 6.53. The molecule has 0 radical (unpaired) electrons. The Morgan fingerprint density at radius 2 is 2.00 bits per heavy atom. The summed E-state index contributed by atoms with van der Waals surface area (Å²) in [5.74, 6) is 0.475. The van der Waals surface area contributed by atoms with E-state index >= 15 is 0 Å². The molecule has 2 aliphatic carbocycles. The monoisotopic (exact) mass is 487 g/mol. The van der Waals surface area contributed by atoms with Gasteiger partial charge in [0.05, 0.1) is 5.69 Å². The van der Waals surface area contributed by atoms with Crippen LogP contribution in [0.1, 0.15) is 69.3 Å². The van der Waals surface area contributed by atoms with Crippen LogP contribution in [0.5, 0.6) is 0 Å². The number of hydrogen-bond donors (Lipinski definition) is 2. The van der Waals surface area contributed by atoms with Crippen molar-refractivity contribution in [2.24, 2.45) is 0 Å². The number of thiazole rings is 1. The molecule has 1 aromatic carbocycles. The number of anilines is 2. The molecule has 7 rings (SSSR count). The van der Waals surface area contributed by atoms with Crippen LogP contribution in [0.15, 0.2) is 34.6 Å². The molecule has 9 heteroatoms. The predicted octanol–water partition coefficient (Wildman–Crippen LogP) is 4.55. The molecule has 2 saturated carbocycles. The van der Waals surface area contributed by atoms with Crippen molar-refractivity contribution in [3.8, 4) is 5.13 Å². The summed E-state index contributed by atoms with van der Waals surface area (Å²) in [7, 11) is 0. The van der Waals surface area contributed by atoms with E-state index in [1.807, 2.05) is 18.5 Å². The average molecular weight is 488 g/mol. The number of benzene rings is 1. The van der Waals surface area contributed by atoms with Gasteiger partial charge in [0.2, 0.25) is 11.1 Å². The molecule has 3 aliphatic rings. The van der Waals surface area contributed by atoms with Crippen molar-refractivity contribution in [2.75, 3.05) is 11.9 Å². The Bertz CT molecular complexity index is 1540. The van der Waals surface area contributed by atoms with Crippen LogP contribution in [-0.4, -0.2) is 30.9 Å². The second kappa shape index (κ2) is 7.24. The van der Waals surface area contributed by atoms with Crippen LogP contribution in [0, 0.1) is 0 Å². The first-order valence-corrected chi connectivity index (χ1v) is 13.3. The number of nitrogens with one attached hydrogen (secondary N) is 2. The van der Waals surface area contributed by atoms with Gasteiger partial charge in [0.15, 0.2) is 5.65 Å². The summed E-state index contributed by atoms with van der Waals surface area (Å²) in [6.07, 6.45) is 6.49. The van der Waals surface area contributed by atoms with Crippen LogP contribution in [0.3, 0.4) is 0 Å². The molecule has 1 aliphatic heterocycles. The van der Waals surface area contributed by atoms with Gasteiger partial charge in [-0.25, -0.2) is 19.3 Å². The first-order chi connectivity index (χ1) is 16.9. The molecule has 4 aromatic rings. The summed E-state index contributed by atoms with van der Waals surface area (Å²) in [4.78, 5) is 27.5. The van der Waals surface area contributed by atoms with Crippen LogP contribution < -0.4 is 16.2 Å². The Morgan fingerprint density at radius 1 is 1.17 bits per heavy atom. The maximum Gasteiger partial charge on any atom is 0.278 e. The summed E-state index contributed by atoms with van der Waals surface area (Å²) in [5, 5.41) is 10.3. The van der Waals surface area contributed by atoms with Gasteiger partial charge in [-0.15, -0.1) is 11.3 Å². The van der Waals surface area contributed by atoms with Crippen molar-refractivity contribution >= 4 is 34.0 Å². The third-order valence-electron chi connectivity index (χ3n) is 7.97. The lowest BCUT2D eigenvalue weighted by molar-refractivity contribution is 0.474. The molecule has 180 valence electrons. The predicted molar refractivity (Wildman–Crippen MR) is 138 cm³/mol. The van der Waals surface area contributed by atoms with Crippen molar-refractivity contribution in [2.45, 2.75) is 69.9 Å². The van der Waals surface area contributed by atoms with E-state index in [4.69, 9.17) is 9.97 Å². The standard InChI is InChI=1S/C26H29N7OS/c1-15(2)32-22(34)18-12-28-23(29-17-4-5-19-16(10-17)11-27-14-26(19)8-9-26)31-21(18)33(32)24-30-20(13-35-24)25(3)6-7-25/h4-5,10,12-13,15,27H,6-9,11,14H2,1-3H3,(H,28,29,31). The number of fused-ring (bicyclic) bond motifs is 3. The van der Waals surface area contributed by atoms with Crippen LogP contribution in [0.2, 0.25) is 0 Å². The van der Waals surface area contributed by atoms with Gasteiger partial charge in [0.25, 0.3) is 5.56 Å². The second-order valence-electron chi connectivity index (χ2n) is 10.9. The highest BCUT2D eigenvalue weighted by molar-refractivity contribution is 7.12. The SMILES string of the molecule is CC(C)n1c(=O)c2cnc(Nc3ccc4c(c3)CNCC43CC3)nc2n1-c1nc(C2(C)CC2)cs1. The molecule has 0 amide bonds. The van der Waals surface area contributed by atoms with Crippen LogP contribution in [-0.2, 0) is 17.4 Å². The largest absolute Gasteiger partial charge is 0.324 e. The molecule has 3 aromatic heterocycles. The smallest absolute Gasteiger partial charge is 0.278 e. The molecule has 0 bridgehead atoms. The minimum Gasteiger partial charge on any atom is -0.324 e. The Kier molecular flexibility index (Phi) is 4.40. The van der Waals surface area contributed by atoms with Gasteiger partial charge in [-0.1, -0.05) is 13.0 Å². The Hall–Kier alpha value is -3.04. The van der Waals surface area contributed by atoms with Gasteiger partial charge in [-0.2, -0.15) is 4.98 Å². The Labute approximate surface area is 207 Å². The lowest BCUT2D eigenvalue weighted by Crippen LogP contribution is -2.33. The fraction of sp³-hybridized carbons (Fsp3) is 0.462. The van der Waals surface area contributed by atoms with Crippen LogP contribution in [0.25, 0.3) is 16.2 Å². The van der Waals surface area contributed by atoms with Gasteiger partial charge in [0.1, 0.15) is 5.39 Å². The molecule has 8 nitrogen and oxygen atoms in total. The fourth-order valence-corrected chi connectivity index (χ4v) is 6.36. The zero-order valence-electron chi connectivity index (χ0n) is 20.3. The maximum atomic E-state index is 13.3. The van der Waals surface area contributed by atoms with E-state index < -0.39 is 0 Å². The van der Waals surface area contributed by atoms with Crippen molar-refractivity contribution in [1.29, 1.82) is 0 Å². The highest BCUT2D eigenvalue weighted by atomic mass is 32.1. The maximum absolute atomic E-state index is 13.3. The van der Waals surface area contributed by atoms with Gasteiger partial charge in [-0.05, 0) is 62.8 Å². The third kappa shape index (κ3) is 3.28. The quantitative estimate of drug-likeness (QED) is 0.429. The van der Waals surface area contributed by atoms with Crippen LogP contribution in [0.4, 0.5) is 11.6 Å². The minimum absolute atomic E-state index is 0.0418. The van der Waals surface area contributed by atoms with Crippen molar-refractivity contribution in [3.05, 3.63) is 57.0 Å². The Balaban J connectivity index is 1.30. The van der Waals surface area contributed by atoms with E-state index in [0.717, 1.165) is 42.4 Å². The van der Waals surface area contributed by atoms with E-state index in [1.54, 1.807) is 22.2 Å². The average Bonchev–Trinajstić information content (AvgIpc) is 3.69. The van der Waals surface area contributed by atoms with Gasteiger partial charge < -0.3 is 10.6 Å². The molecule has 0 atom stereocenters. The van der Waals surface area contributed by atoms with E-state index in [-0.39, 0.29) is 17.0 Å². The molecular weight excluding hydrogens is 458 g/mol. The molecular formula is C26H29N7OS.